The Labute approximate surface area is 143 Å². The van der Waals surface area contributed by atoms with Crippen molar-refractivity contribution in [2.24, 2.45) is 0 Å². The van der Waals surface area contributed by atoms with E-state index in [-0.39, 0.29) is 17.7 Å². The highest BCUT2D eigenvalue weighted by molar-refractivity contribution is 7.20. The molecular weight excluding hydrogens is 324 g/mol. The first-order valence-corrected chi connectivity index (χ1v) is 8.83. The lowest BCUT2D eigenvalue weighted by atomic mass is 10.00. The van der Waals surface area contributed by atoms with Crippen LogP contribution < -0.4 is 10.9 Å². The third-order valence-electron chi connectivity index (χ3n) is 4.15. The molecule has 1 N–H and O–H groups in total. The Bertz CT molecular complexity index is 900. The zero-order chi connectivity index (χ0) is 16.5. The molecule has 3 aromatic rings. The van der Waals surface area contributed by atoms with Crippen molar-refractivity contribution in [1.82, 2.24) is 14.6 Å². The fourth-order valence-corrected chi connectivity index (χ4v) is 3.92. The molecule has 0 saturated carbocycles. The highest BCUT2D eigenvalue weighted by Crippen LogP contribution is 2.31. The molecular formula is C17H18N4O2S. The highest BCUT2D eigenvalue weighted by Gasteiger charge is 2.28. The zero-order valence-electron chi connectivity index (χ0n) is 13.3. The number of hydrogen-bond acceptors (Lipinski definition) is 6. The minimum absolute atomic E-state index is 0.00561. The summed E-state index contributed by atoms with van der Waals surface area (Å²) in [6.45, 7) is 2.60. The Hall–Kier alpha value is -2.25. The molecule has 1 aliphatic heterocycles. The van der Waals surface area contributed by atoms with E-state index >= 15 is 0 Å². The average Bonchev–Trinajstić information content (AvgIpc) is 3.22. The van der Waals surface area contributed by atoms with Crippen LogP contribution in [0.25, 0.3) is 4.96 Å². The maximum absolute atomic E-state index is 12.0. The minimum atomic E-state index is -0.157. The molecule has 124 valence electrons. The van der Waals surface area contributed by atoms with Crippen LogP contribution in [0.2, 0.25) is 0 Å². The van der Waals surface area contributed by atoms with Crippen molar-refractivity contribution < 1.29 is 4.74 Å². The van der Waals surface area contributed by atoms with Crippen molar-refractivity contribution in [3.8, 4) is 0 Å². The Morgan fingerprint density at radius 1 is 1.38 bits per heavy atom. The van der Waals surface area contributed by atoms with Gasteiger partial charge in [0, 0.05) is 18.4 Å². The van der Waals surface area contributed by atoms with E-state index in [9.17, 15) is 4.79 Å². The quantitative estimate of drug-likeness (QED) is 0.789. The maximum atomic E-state index is 12.0. The molecule has 0 amide bonds. The van der Waals surface area contributed by atoms with E-state index in [0.717, 1.165) is 25.0 Å². The molecule has 6 nitrogen and oxygen atoms in total. The smallest absolute Gasteiger partial charge is 0.275 e. The average molecular weight is 342 g/mol. The number of rotatable bonds is 4. The van der Waals surface area contributed by atoms with Crippen molar-refractivity contribution in [2.75, 3.05) is 11.9 Å². The summed E-state index contributed by atoms with van der Waals surface area (Å²) in [7, 11) is 0. The molecule has 4 rings (SSSR count). The Kier molecular flexibility index (Phi) is 4.03. The van der Waals surface area contributed by atoms with E-state index < -0.39 is 0 Å². The molecule has 0 radical (unpaired) electrons. The third-order valence-corrected chi connectivity index (χ3v) is 4.99. The second kappa shape index (κ2) is 6.33. The molecule has 0 aliphatic carbocycles. The topological polar surface area (TPSA) is 68.5 Å². The van der Waals surface area contributed by atoms with Crippen LogP contribution in [0.4, 0.5) is 5.13 Å². The fraction of sp³-hybridized carbons (Fsp3) is 0.353. The van der Waals surface area contributed by atoms with Gasteiger partial charge in [0.1, 0.15) is 0 Å². The molecule has 2 aromatic heterocycles. The van der Waals surface area contributed by atoms with E-state index in [0.29, 0.717) is 15.8 Å². The third kappa shape index (κ3) is 2.92. The lowest BCUT2D eigenvalue weighted by Crippen LogP contribution is -2.25. The molecule has 1 saturated heterocycles. The minimum Gasteiger partial charge on any atom is -0.376 e. The van der Waals surface area contributed by atoms with Gasteiger partial charge in [-0.1, -0.05) is 41.7 Å². The van der Waals surface area contributed by atoms with Gasteiger partial charge in [-0.15, -0.1) is 5.10 Å². The molecule has 0 spiro atoms. The molecule has 1 aromatic carbocycles. The highest BCUT2D eigenvalue weighted by atomic mass is 32.1. The number of ether oxygens (including phenoxy) is 1. The molecule has 0 bridgehead atoms. The van der Waals surface area contributed by atoms with E-state index in [4.69, 9.17) is 4.74 Å². The van der Waals surface area contributed by atoms with Crippen LogP contribution in [0.15, 0.2) is 41.2 Å². The summed E-state index contributed by atoms with van der Waals surface area (Å²) >= 11 is 1.38. The molecule has 2 atom stereocenters. The molecule has 24 heavy (non-hydrogen) atoms. The second-order valence-electron chi connectivity index (χ2n) is 5.92. The van der Waals surface area contributed by atoms with Gasteiger partial charge in [0.05, 0.1) is 12.1 Å². The van der Waals surface area contributed by atoms with Crippen LogP contribution in [0.3, 0.4) is 0 Å². The summed E-state index contributed by atoms with van der Waals surface area (Å²) < 4.78 is 7.23. The van der Waals surface area contributed by atoms with Crippen molar-refractivity contribution in [2.45, 2.75) is 31.9 Å². The molecule has 0 unspecified atom stereocenters. The summed E-state index contributed by atoms with van der Waals surface area (Å²) in [6.07, 6.45) is 2.18. The summed E-state index contributed by atoms with van der Waals surface area (Å²) in [6, 6.07) is 11.7. The standard InChI is InChI=1S/C17H18N4O2S/c1-11-10-14(22)21-17(18-11)24-16(20-21)19-15(13-8-5-9-23-13)12-6-3-2-4-7-12/h2-4,6-7,10,13,15H,5,8-9H2,1H3,(H,19,20)/t13-,15+/m1/s1. The van der Waals surface area contributed by atoms with Gasteiger partial charge >= 0.3 is 0 Å². The van der Waals surface area contributed by atoms with Crippen LogP contribution >= 0.6 is 11.3 Å². The number of hydrogen-bond donors (Lipinski definition) is 1. The number of aromatic nitrogens is 3. The molecule has 3 heterocycles. The van der Waals surface area contributed by atoms with Gasteiger partial charge in [-0.2, -0.15) is 4.52 Å². The largest absolute Gasteiger partial charge is 0.376 e. The first-order valence-electron chi connectivity index (χ1n) is 8.01. The summed E-state index contributed by atoms with van der Waals surface area (Å²) in [4.78, 5) is 17.0. The lowest BCUT2D eigenvalue weighted by Gasteiger charge is -2.24. The van der Waals surface area contributed by atoms with Crippen LogP contribution in [-0.2, 0) is 4.74 Å². The number of anilines is 1. The van der Waals surface area contributed by atoms with Gasteiger partial charge in [-0.3, -0.25) is 4.79 Å². The first kappa shape index (κ1) is 15.3. The van der Waals surface area contributed by atoms with Gasteiger partial charge in [-0.25, -0.2) is 4.98 Å². The first-order chi connectivity index (χ1) is 11.7. The van der Waals surface area contributed by atoms with Crippen molar-refractivity contribution in [1.29, 1.82) is 0 Å². The number of nitrogens with one attached hydrogen (secondary N) is 1. The number of benzene rings is 1. The van der Waals surface area contributed by atoms with Crippen molar-refractivity contribution in [3.63, 3.8) is 0 Å². The maximum Gasteiger partial charge on any atom is 0.275 e. The predicted octanol–water partition coefficient (Wildman–Crippen LogP) is 2.79. The number of aryl methyl sites for hydroxylation is 1. The van der Waals surface area contributed by atoms with E-state index in [1.807, 2.05) is 25.1 Å². The van der Waals surface area contributed by atoms with Crippen LogP contribution in [0.5, 0.6) is 0 Å². The van der Waals surface area contributed by atoms with Gasteiger partial charge < -0.3 is 10.1 Å². The van der Waals surface area contributed by atoms with Crippen molar-refractivity contribution >= 4 is 21.4 Å². The monoisotopic (exact) mass is 342 g/mol. The lowest BCUT2D eigenvalue weighted by molar-refractivity contribution is 0.0954. The van der Waals surface area contributed by atoms with Crippen LogP contribution in [0.1, 0.15) is 30.1 Å². The second-order valence-corrected chi connectivity index (χ2v) is 6.88. The van der Waals surface area contributed by atoms with Gasteiger partial charge in [0.25, 0.3) is 5.56 Å². The predicted molar refractivity (Wildman–Crippen MR) is 93.7 cm³/mol. The van der Waals surface area contributed by atoms with Crippen molar-refractivity contribution in [3.05, 3.63) is 58.0 Å². The Morgan fingerprint density at radius 2 is 2.21 bits per heavy atom. The van der Waals surface area contributed by atoms with Crippen LogP contribution in [-0.4, -0.2) is 27.3 Å². The van der Waals surface area contributed by atoms with E-state index in [1.54, 1.807) is 0 Å². The van der Waals surface area contributed by atoms with Crippen LogP contribution in [0, 0.1) is 6.92 Å². The zero-order valence-corrected chi connectivity index (χ0v) is 14.1. The summed E-state index contributed by atoms with van der Waals surface area (Å²) in [5, 5.41) is 8.52. The Morgan fingerprint density at radius 3 is 2.96 bits per heavy atom. The fourth-order valence-electron chi connectivity index (χ4n) is 3.03. The SMILES string of the molecule is Cc1cc(=O)n2nc(N[C@@H](c3ccccc3)[C@H]3CCCO3)sc2n1. The molecule has 1 aliphatic rings. The molecule has 1 fully saturated rings. The summed E-state index contributed by atoms with van der Waals surface area (Å²) in [5.74, 6) is 0. The summed E-state index contributed by atoms with van der Waals surface area (Å²) in [5.41, 5.74) is 1.70. The number of nitrogens with zero attached hydrogens (tertiary/aromatic N) is 3. The van der Waals surface area contributed by atoms with E-state index in [2.05, 4.69) is 27.5 Å². The molecule has 7 heteroatoms. The van der Waals surface area contributed by atoms with E-state index in [1.165, 1.54) is 21.9 Å². The van der Waals surface area contributed by atoms with Gasteiger partial charge in [-0.05, 0) is 25.3 Å². The normalized spacial score (nSPS) is 18.8. The van der Waals surface area contributed by atoms with Gasteiger partial charge in [0.2, 0.25) is 10.1 Å². The number of fused-ring (bicyclic) bond motifs is 1. The van der Waals surface area contributed by atoms with Gasteiger partial charge in [0.15, 0.2) is 0 Å². The Balaban J connectivity index is 1.69.